The number of aromatic nitrogens is 7. The molecule has 0 atom stereocenters. The maximum Gasteiger partial charge on any atom is 0.284 e. The highest BCUT2D eigenvalue weighted by Crippen LogP contribution is 2.26. The molecule has 0 amide bonds. The molecule has 1 saturated heterocycles. The van der Waals surface area contributed by atoms with Gasteiger partial charge in [-0.1, -0.05) is 11.6 Å². The van der Waals surface area contributed by atoms with Gasteiger partial charge in [0.1, 0.15) is 16.9 Å². The molecule has 0 bridgehead atoms. The first kappa shape index (κ1) is 24.0. The summed E-state index contributed by atoms with van der Waals surface area (Å²) in [6, 6.07) is 11.5. The van der Waals surface area contributed by atoms with Crippen molar-refractivity contribution in [3.8, 4) is 17.2 Å². The quantitative estimate of drug-likeness (QED) is 0.368. The fourth-order valence-electron chi connectivity index (χ4n) is 4.42. The van der Waals surface area contributed by atoms with Crippen LogP contribution in [0.5, 0.6) is 0 Å². The van der Waals surface area contributed by atoms with Crippen molar-refractivity contribution in [1.82, 2.24) is 39.2 Å². The lowest BCUT2D eigenvalue weighted by Crippen LogP contribution is -2.44. The monoisotopic (exact) mass is 528 g/mol. The molecule has 6 rings (SSSR count). The van der Waals surface area contributed by atoms with Crippen molar-refractivity contribution in [3.63, 3.8) is 0 Å². The number of likely N-dealkylation sites (N-methyl/N-ethyl adjacent to an activating group) is 1. The second-order valence-corrected chi connectivity index (χ2v) is 9.62. The largest absolute Gasteiger partial charge is 0.369 e. The van der Waals surface area contributed by atoms with Crippen LogP contribution < -0.4 is 15.8 Å². The average Bonchev–Trinajstić information content (AvgIpc) is 3.36. The van der Waals surface area contributed by atoms with Gasteiger partial charge in [-0.25, -0.2) is 19.9 Å². The van der Waals surface area contributed by atoms with E-state index in [9.17, 15) is 4.79 Å². The summed E-state index contributed by atoms with van der Waals surface area (Å²) in [6.07, 6.45) is 6.52. The number of anilines is 3. The Morgan fingerprint density at radius 1 is 0.974 bits per heavy atom. The number of fused-ring (bicyclic) bond motifs is 1. The molecular weight excluding hydrogens is 504 g/mol. The van der Waals surface area contributed by atoms with Crippen molar-refractivity contribution in [2.75, 3.05) is 43.4 Å². The topological polar surface area (TPSA) is 110 Å². The van der Waals surface area contributed by atoms with Crippen LogP contribution >= 0.6 is 11.6 Å². The van der Waals surface area contributed by atoms with Crippen LogP contribution in [0.3, 0.4) is 0 Å². The first-order chi connectivity index (χ1) is 18.5. The summed E-state index contributed by atoms with van der Waals surface area (Å²) in [6.45, 7) is 4.10. The number of halogens is 1. The summed E-state index contributed by atoms with van der Waals surface area (Å²) in [5.74, 6) is 0.567. The predicted molar refractivity (Wildman–Crippen MR) is 147 cm³/mol. The van der Waals surface area contributed by atoms with Gasteiger partial charge in [0.15, 0.2) is 5.82 Å². The van der Waals surface area contributed by atoms with E-state index in [1.165, 1.54) is 16.6 Å². The van der Waals surface area contributed by atoms with E-state index in [-0.39, 0.29) is 11.2 Å². The van der Waals surface area contributed by atoms with Crippen molar-refractivity contribution in [2.45, 2.75) is 0 Å². The van der Waals surface area contributed by atoms with Gasteiger partial charge in [-0.05, 0) is 43.4 Å². The Bertz CT molecular complexity index is 1670. The van der Waals surface area contributed by atoms with Crippen molar-refractivity contribution in [3.05, 3.63) is 76.7 Å². The van der Waals surface area contributed by atoms with Gasteiger partial charge in [0.2, 0.25) is 5.95 Å². The van der Waals surface area contributed by atoms with Gasteiger partial charge < -0.3 is 19.7 Å². The first-order valence-electron chi connectivity index (χ1n) is 12.2. The van der Waals surface area contributed by atoms with Crippen LogP contribution in [0.25, 0.3) is 28.1 Å². The maximum atomic E-state index is 13.4. The fraction of sp³-hybridized carbons (Fsp3) is 0.231. The molecule has 0 aliphatic carbocycles. The van der Waals surface area contributed by atoms with Crippen LogP contribution in [0, 0.1) is 0 Å². The maximum absolute atomic E-state index is 13.4. The number of nitrogens with zero attached hydrogens (tertiary/aromatic N) is 9. The van der Waals surface area contributed by atoms with Gasteiger partial charge in [-0.2, -0.15) is 9.78 Å². The predicted octanol–water partition coefficient (Wildman–Crippen LogP) is 3.12. The zero-order valence-corrected chi connectivity index (χ0v) is 21.7. The molecule has 0 unspecified atom stereocenters. The Morgan fingerprint density at radius 2 is 1.76 bits per heavy atom. The van der Waals surface area contributed by atoms with Crippen LogP contribution in [-0.4, -0.2) is 72.4 Å². The van der Waals surface area contributed by atoms with E-state index in [1.54, 1.807) is 29.2 Å². The summed E-state index contributed by atoms with van der Waals surface area (Å²) in [5.41, 5.74) is 2.94. The highest BCUT2D eigenvalue weighted by Gasteiger charge is 2.20. The molecule has 192 valence electrons. The molecule has 5 heterocycles. The number of hydrogen-bond acceptors (Lipinski definition) is 9. The molecule has 4 aromatic heterocycles. The summed E-state index contributed by atoms with van der Waals surface area (Å²) in [7, 11) is 4.00. The van der Waals surface area contributed by atoms with Gasteiger partial charge in [0.25, 0.3) is 5.56 Å². The van der Waals surface area contributed by atoms with Crippen LogP contribution in [-0.2, 0) is 7.05 Å². The number of imidazole rings is 1. The summed E-state index contributed by atoms with van der Waals surface area (Å²) < 4.78 is 2.97. The second-order valence-electron chi connectivity index (χ2n) is 9.22. The van der Waals surface area contributed by atoms with Crippen molar-refractivity contribution < 1.29 is 0 Å². The minimum absolute atomic E-state index is 0.223. The van der Waals surface area contributed by atoms with Gasteiger partial charge in [-0.15, -0.1) is 0 Å². The molecule has 5 aromatic rings. The molecule has 1 aromatic carbocycles. The zero-order valence-electron chi connectivity index (χ0n) is 20.9. The van der Waals surface area contributed by atoms with Crippen LogP contribution in [0.2, 0.25) is 5.02 Å². The first-order valence-corrected chi connectivity index (χ1v) is 12.5. The lowest BCUT2D eigenvalue weighted by atomic mass is 10.2. The third-order valence-electron chi connectivity index (χ3n) is 6.51. The van der Waals surface area contributed by atoms with E-state index in [0.717, 1.165) is 31.9 Å². The lowest BCUT2D eigenvalue weighted by molar-refractivity contribution is 0.313. The molecule has 1 fully saturated rings. The number of nitrogens with one attached hydrogen (secondary N) is 1. The summed E-state index contributed by atoms with van der Waals surface area (Å²) in [4.78, 5) is 35.9. The van der Waals surface area contributed by atoms with E-state index in [1.807, 2.05) is 25.4 Å². The third kappa shape index (κ3) is 4.57. The number of piperazine rings is 1. The van der Waals surface area contributed by atoms with Gasteiger partial charge >= 0.3 is 0 Å². The Balaban J connectivity index is 1.38. The minimum Gasteiger partial charge on any atom is -0.369 e. The highest BCUT2D eigenvalue weighted by molar-refractivity contribution is 6.32. The molecule has 12 heteroatoms. The number of pyridine rings is 1. The van der Waals surface area contributed by atoms with Gasteiger partial charge in [0, 0.05) is 63.2 Å². The van der Waals surface area contributed by atoms with Gasteiger partial charge in [-0.3, -0.25) is 4.79 Å². The van der Waals surface area contributed by atoms with E-state index in [2.05, 4.69) is 59.3 Å². The molecule has 0 saturated carbocycles. The Kier molecular flexibility index (Phi) is 6.22. The van der Waals surface area contributed by atoms with E-state index in [4.69, 9.17) is 11.6 Å². The molecule has 11 nitrogen and oxygen atoms in total. The molecule has 1 aliphatic heterocycles. The van der Waals surface area contributed by atoms with Gasteiger partial charge in [0.05, 0.1) is 16.7 Å². The molecular formula is C26H25ClN10O. The summed E-state index contributed by atoms with van der Waals surface area (Å²) >= 11 is 6.34. The Morgan fingerprint density at radius 3 is 2.47 bits per heavy atom. The van der Waals surface area contributed by atoms with E-state index < -0.39 is 5.56 Å². The normalized spacial score (nSPS) is 14.2. The second kappa shape index (κ2) is 9.84. The number of benzene rings is 1. The lowest BCUT2D eigenvalue weighted by Gasteiger charge is -2.34. The number of rotatable bonds is 5. The summed E-state index contributed by atoms with van der Waals surface area (Å²) in [5, 5.41) is 8.41. The van der Waals surface area contributed by atoms with E-state index in [0.29, 0.717) is 27.9 Å². The average molecular weight is 529 g/mol. The van der Waals surface area contributed by atoms with Crippen molar-refractivity contribution in [1.29, 1.82) is 0 Å². The van der Waals surface area contributed by atoms with E-state index >= 15 is 0 Å². The standard InChI is InChI=1S/C26H25ClN10O/c1-34-10-12-36(13-11-34)18-7-5-17(6-8-18)31-26-29-14-19-22(32-26)23(21-15-35(2)16-30-21)33-37(25(19)38)24-20(27)4-3-9-28-24/h3-9,14-16H,10-13H2,1-2H3,(H,29,31,32). The zero-order chi connectivity index (χ0) is 26.2. The molecule has 0 radical (unpaired) electrons. The molecule has 1 N–H and O–H groups in total. The highest BCUT2D eigenvalue weighted by atomic mass is 35.5. The Labute approximate surface area is 223 Å². The fourth-order valence-corrected chi connectivity index (χ4v) is 4.62. The molecule has 0 spiro atoms. The molecule has 1 aliphatic rings. The number of hydrogen-bond donors (Lipinski definition) is 1. The SMILES string of the molecule is CN1CCN(c2ccc(Nc3ncc4c(=O)n(-c5ncccc5Cl)nc(-c5cn(C)cn5)c4n3)cc2)CC1. The smallest absolute Gasteiger partial charge is 0.284 e. The van der Waals surface area contributed by atoms with Crippen molar-refractivity contribution >= 4 is 39.8 Å². The van der Waals surface area contributed by atoms with Crippen LogP contribution in [0.4, 0.5) is 17.3 Å². The molecule has 38 heavy (non-hydrogen) atoms. The third-order valence-corrected chi connectivity index (χ3v) is 6.81. The van der Waals surface area contributed by atoms with Crippen LogP contribution in [0.1, 0.15) is 0 Å². The Hall–Kier alpha value is -4.35. The number of aryl methyl sites for hydroxylation is 1. The van der Waals surface area contributed by atoms with Crippen LogP contribution in [0.15, 0.2) is 66.1 Å². The van der Waals surface area contributed by atoms with Crippen molar-refractivity contribution in [2.24, 2.45) is 7.05 Å². The minimum atomic E-state index is -0.427.